The van der Waals surface area contributed by atoms with Gasteiger partial charge in [-0.15, -0.1) is 0 Å². The Hall–Kier alpha value is -2.24. The van der Waals surface area contributed by atoms with Crippen LogP contribution in [0.1, 0.15) is 25.5 Å². The van der Waals surface area contributed by atoms with Crippen LogP contribution < -0.4 is 10.1 Å². The quantitative estimate of drug-likeness (QED) is 0.714. The molecule has 26 heavy (non-hydrogen) atoms. The first kappa shape index (κ1) is 20.1. The molecule has 2 aromatic rings. The smallest absolute Gasteiger partial charge is 0.347 e. The van der Waals surface area contributed by atoms with Gasteiger partial charge >= 0.3 is 5.97 Å². The third kappa shape index (κ3) is 5.93. The molecule has 7 heteroatoms. The number of esters is 1. The third-order valence-corrected chi connectivity index (χ3v) is 4.10. The van der Waals surface area contributed by atoms with Crippen molar-refractivity contribution >= 4 is 35.1 Å². The van der Waals surface area contributed by atoms with Crippen LogP contribution in [0.4, 0.5) is 0 Å². The molecular formula is C19H19Cl2NO4. The number of hydrogen-bond acceptors (Lipinski definition) is 4. The summed E-state index contributed by atoms with van der Waals surface area (Å²) in [5, 5.41) is 3.68. The number of halogens is 2. The molecule has 0 radical (unpaired) electrons. The van der Waals surface area contributed by atoms with Gasteiger partial charge in [0.1, 0.15) is 5.75 Å². The summed E-state index contributed by atoms with van der Waals surface area (Å²) in [5.74, 6) is -0.516. The molecule has 0 aromatic heterocycles. The van der Waals surface area contributed by atoms with Crippen molar-refractivity contribution in [2.45, 2.75) is 26.0 Å². The van der Waals surface area contributed by atoms with E-state index in [-0.39, 0.29) is 6.04 Å². The minimum atomic E-state index is -0.826. The minimum absolute atomic E-state index is 0.357. The molecule has 138 valence electrons. The summed E-state index contributed by atoms with van der Waals surface area (Å²) in [6.07, 6.45) is -0.826. The molecule has 0 spiro atoms. The van der Waals surface area contributed by atoms with Crippen LogP contribution in [0, 0.1) is 0 Å². The summed E-state index contributed by atoms with van der Waals surface area (Å²) < 4.78 is 10.4. The Morgan fingerprint density at radius 1 is 1.08 bits per heavy atom. The summed E-state index contributed by atoms with van der Waals surface area (Å²) in [6.45, 7) is 2.93. The van der Waals surface area contributed by atoms with Gasteiger partial charge in [-0.1, -0.05) is 47.5 Å². The highest BCUT2D eigenvalue weighted by atomic mass is 35.5. The first-order chi connectivity index (χ1) is 12.4. The highest BCUT2D eigenvalue weighted by Gasteiger charge is 2.19. The fourth-order valence-corrected chi connectivity index (χ4v) is 2.79. The minimum Gasteiger partial charge on any atom is -0.479 e. The Morgan fingerprint density at radius 2 is 1.77 bits per heavy atom. The molecule has 0 bridgehead atoms. The van der Waals surface area contributed by atoms with Crippen LogP contribution in [-0.2, 0) is 14.3 Å². The van der Waals surface area contributed by atoms with Crippen molar-refractivity contribution in [1.29, 1.82) is 0 Å². The molecule has 2 aromatic carbocycles. The second-order valence-corrected chi connectivity index (χ2v) is 6.48. The monoisotopic (exact) mass is 395 g/mol. The number of nitrogens with one attached hydrogen (secondary N) is 1. The van der Waals surface area contributed by atoms with Crippen LogP contribution in [-0.4, -0.2) is 24.6 Å². The van der Waals surface area contributed by atoms with Crippen LogP contribution in [0.2, 0.25) is 10.0 Å². The number of amides is 1. The van der Waals surface area contributed by atoms with Gasteiger partial charge in [0, 0.05) is 10.0 Å². The molecule has 2 atom stereocenters. The zero-order valence-electron chi connectivity index (χ0n) is 14.4. The van der Waals surface area contributed by atoms with E-state index in [1.807, 2.05) is 6.07 Å². The van der Waals surface area contributed by atoms with Gasteiger partial charge in [0.25, 0.3) is 5.91 Å². The summed E-state index contributed by atoms with van der Waals surface area (Å²) in [4.78, 5) is 23.9. The molecular weight excluding hydrogens is 377 g/mol. The van der Waals surface area contributed by atoms with E-state index in [4.69, 9.17) is 32.7 Å². The van der Waals surface area contributed by atoms with Crippen molar-refractivity contribution < 1.29 is 19.1 Å². The second-order valence-electron chi connectivity index (χ2n) is 5.64. The topological polar surface area (TPSA) is 64.6 Å². The number of carbonyl (C=O) groups is 2. The number of carbonyl (C=O) groups excluding carboxylic acids is 2. The number of para-hydroxylation sites is 1. The Morgan fingerprint density at radius 3 is 2.42 bits per heavy atom. The van der Waals surface area contributed by atoms with E-state index in [0.29, 0.717) is 15.8 Å². The van der Waals surface area contributed by atoms with Crippen LogP contribution in [0.3, 0.4) is 0 Å². The first-order valence-corrected chi connectivity index (χ1v) is 8.75. The lowest BCUT2D eigenvalue weighted by molar-refractivity contribution is -0.154. The molecule has 0 aliphatic carbocycles. The molecule has 0 unspecified atom stereocenters. The standard InChI is InChI=1S/C19H19Cl2NO4/c1-12(16-9-8-14(20)10-17(16)21)22-18(23)11-25-19(24)13(2)26-15-6-4-3-5-7-15/h3-10,12-13H,11H2,1-2H3,(H,22,23)/t12-,13-/m0/s1. The van der Waals surface area contributed by atoms with E-state index in [2.05, 4.69) is 5.32 Å². The normalized spacial score (nSPS) is 12.8. The lowest BCUT2D eigenvalue weighted by Gasteiger charge is -2.17. The molecule has 5 nitrogen and oxygen atoms in total. The Balaban J connectivity index is 1.81. The lowest BCUT2D eigenvalue weighted by Crippen LogP contribution is -2.34. The summed E-state index contributed by atoms with van der Waals surface area (Å²) in [6, 6.07) is 13.6. The average Bonchev–Trinajstić information content (AvgIpc) is 2.60. The Bertz CT molecular complexity index is 767. The first-order valence-electron chi connectivity index (χ1n) is 7.99. The summed E-state index contributed by atoms with van der Waals surface area (Å²) in [5.41, 5.74) is 0.719. The maximum absolute atomic E-state index is 12.0. The Kier molecular flexibility index (Phi) is 7.30. The molecule has 1 N–H and O–H groups in total. The zero-order chi connectivity index (χ0) is 19.1. The number of benzene rings is 2. The van der Waals surface area contributed by atoms with Gasteiger partial charge in [-0.2, -0.15) is 0 Å². The molecule has 2 rings (SSSR count). The predicted octanol–water partition coefficient (Wildman–Crippen LogP) is 4.18. The fourth-order valence-electron chi connectivity index (χ4n) is 2.22. The molecule has 0 fully saturated rings. The number of rotatable bonds is 7. The van der Waals surface area contributed by atoms with Crippen molar-refractivity contribution in [3.63, 3.8) is 0 Å². The average molecular weight is 396 g/mol. The Labute approximate surface area is 162 Å². The number of hydrogen-bond donors (Lipinski definition) is 1. The van der Waals surface area contributed by atoms with Crippen LogP contribution >= 0.6 is 23.2 Å². The van der Waals surface area contributed by atoms with Crippen LogP contribution in [0.15, 0.2) is 48.5 Å². The summed E-state index contributed by atoms with van der Waals surface area (Å²) in [7, 11) is 0. The van der Waals surface area contributed by atoms with E-state index in [1.165, 1.54) is 0 Å². The van der Waals surface area contributed by atoms with Crippen molar-refractivity contribution in [3.05, 3.63) is 64.1 Å². The van der Waals surface area contributed by atoms with Crippen molar-refractivity contribution in [2.24, 2.45) is 0 Å². The van der Waals surface area contributed by atoms with Crippen LogP contribution in [0.5, 0.6) is 5.75 Å². The number of ether oxygens (including phenoxy) is 2. The van der Waals surface area contributed by atoms with Crippen molar-refractivity contribution in [1.82, 2.24) is 5.32 Å². The van der Waals surface area contributed by atoms with Crippen molar-refractivity contribution in [3.8, 4) is 5.75 Å². The van der Waals surface area contributed by atoms with Gasteiger partial charge in [0.05, 0.1) is 6.04 Å². The van der Waals surface area contributed by atoms with E-state index < -0.39 is 24.6 Å². The molecule has 1 amide bonds. The van der Waals surface area contributed by atoms with Crippen LogP contribution in [0.25, 0.3) is 0 Å². The van der Waals surface area contributed by atoms with Gasteiger partial charge in [0.15, 0.2) is 12.7 Å². The second kappa shape index (κ2) is 9.46. The maximum atomic E-state index is 12.0. The molecule has 0 aliphatic heterocycles. The third-order valence-electron chi connectivity index (χ3n) is 3.54. The van der Waals surface area contributed by atoms with Gasteiger partial charge < -0.3 is 14.8 Å². The predicted molar refractivity (Wildman–Crippen MR) is 101 cm³/mol. The molecule has 0 saturated heterocycles. The van der Waals surface area contributed by atoms with Gasteiger partial charge in [0.2, 0.25) is 0 Å². The zero-order valence-corrected chi connectivity index (χ0v) is 15.9. The highest BCUT2D eigenvalue weighted by molar-refractivity contribution is 6.35. The molecule has 0 aliphatic rings. The van der Waals surface area contributed by atoms with Gasteiger partial charge in [-0.3, -0.25) is 4.79 Å². The molecule has 0 saturated carbocycles. The SMILES string of the molecule is C[C@H](Oc1ccccc1)C(=O)OCC(=O)N[C@@H](C)c1ccc(Cl)cc1Cl. The highest BCUT2D eigenvalue weighted by Crippen LogP contribution is 2.26. The van der Waals surface area contributed by atoms with E-state index >= 15 is 0 Å². The largest absolute Gasteiger partial charge is 0.479 e. The molecule has 0 heterocycles. The van der Waals surface area contributed by atoms with E-state index in [0.717, 1.165) is 5.56 Å². The van der Waals surface area contributed by atoms with E-state index in [1.54, 1.807) is 56.3 Å². The van der Waals surface area contributed by atoms with Gasteiger partial charge in [-0.25, -0.2) is 4.79 Å². The summed E-state index contributed by atoms with van der Waals surface area (Å²) >= 11 is 12.0. The fraction of sp³-hybridized carbons (Fsp3) is 0.263. The van der Waals surface area contributed by atoms with Gasteiger partial charge in [-0.05, 0) is 43.7 Å². The van der Waals surface area contributed by atoms with E-state index in [9.17, 15) is 9.59 Å². The van der Waals surface area contributed by atoms with Crippen molar-refractivity contribution in [2.75, 3.05) is 6.61 Å². The maximum Gasteiger partial charge on any atom is 0.347 e. The lowest BCUT2D eigenvalue weighted by atomic mass is 10.1.